The lowest BCUT2D eigenvalue weighted by atomic mass is 10.2. The van der Waals surface area contributed by atoms with E-state index in [0.29, 0.717) is 15.6 Å². The number of carbonyl (C=O) groups excluding carboxylic acids is 1. The van der Waals surface area contributed by atoms with Crippen LogP contribution in [0.5, 0.6) is 0 Å². The highest BCUT2D eigenvalue weighted by Gasteiger charge is 2.18. The van der Waals surface area contributed by atoms with E-state index in [-0.39, 0.29) is 5.91 Å². The number of thiazole rings is 1. The summed E-state index contributed by atoms with van der Waals surface area (Å²) in [5.74, 6) is 5.52. The Balaban J connectivity index is 2.40. The number of rotatable bonds is 4. The van der Waals surface area contributed by atoms with Crippen LogP contribution in [0.25, 0.3) is 10.8 Å². The lowest BCUT2D eigenvalue weighted by Crippen LogP contribution is -2.30. The zero-order valence-electron chi connectivity index (χ0n) is 9.40. The first-order valence-corrected chi connectivity index (χ1v) is 6.12. The molecule has 0 radical (unpaired) electrons. The second-order valence-electron chi connectivity index (χ2n) is 3.50. The minimum Gasteiger partial charge on any atom is -0.462 e. The maximum atomic E-state index is 11.6. The third-order valence-corrected chi connectivity index (χ3v) is 3.36. The third kappa shape index (κ3) is 2.37. The number of nitrogen functional groups attached to an aromatic ring is 1. The predicted molar refractivity (Wildman–Crippen MR) is 65.5 cm³/mol. The number of nitrogens with one attached hydrogen (secondary N) is 1. The molecule has 90 valence electrons. The summed E-state index contributed by atoms with van der Waals surface area (Å²) in [6.07, 6.45) is 3.26. The van der Waals surface area contributed by atoms with E-state index >= 15 is 0 Å². The van der Waals surface area contributed by atoms with E-state index in [4.69, 9.17) is 10.3 Å². The predicted octanol–water partition coefficient (Wildman–Crippen LogP) is 1.96. The van der Waals surface area contributed by atoms with Gasteiger partial charge in [0.05, 0.1) is 12.0 Å². The van der Waals surface area contributed by atoms with Gasteiger partial charge >= 0.3 is 0 Å². The average Bonchev–Trinajstić information content (AvgIpc) is 2.96. The van der Waals surface area contributed by atoms with Crippen molar-refractivity contribution < 1.29 is 9.21 Å². The fraction of sp³-hybridized carbons (Fsp3) is 0.273. The normalized spacial score (nSPS) is 10.5. The van der Waals surface area contributed by atoms with Crippen LogP contribution in [0.4, 0.5) is 0 Å². The number of furan rings is 1. The van der Waals surface area contributed by atoms with Gasteiger partial charge in [-0.05, 0) is 18.6 Å². The number of hydrogen-bond acceptors (Lipinski definition) is 5. The van der Waals surface area contributed by atoms with Crippen molar-refractivity contribution in [2.24, 2.45) is 5.84 Å². The van der Waals surface area contributed by atoms with Crippen LogP contribution in [-0.2, 0) is 6.42 Å². The Hall–Kier alpha value is -1.66. The van der Waals surface area contributed by atoms with Gasteiger partial charge in [0.25, 0.3) is 5.91 Å². The molecule has 0 aliphatic heterocycles. The number of aromatic nitrogens is 1. The maximum Gasteiger partial charge on any atom is 0.277 e. The van der Waals surface area contributed by atoms with Crippen LogP contribution in [0.2, 0.25) is 0 Å². The molecule has 2 aromatic heterocycles. The molecule has 0 aliphatic carbocycles. The molecule has 3 N–H and O–H groups in total. The Labute approximate surface area is 103 Å². The summed E-state index contributed by atoms with van der Waals surface area (Å²) in [6, 6.07) is 3.61. The van der Waals surface area contributed by atoms with Crippen LogP contribution < -0.4 is 11.3 Å². The van der Waals surface area contributed by atoms with Crippen molar-refractivity contribution in [3.63, 3.8) is 0 Å². The SMILES string of the molecule is CCCc1nc(-c2ccco2)sc1C(=O)NN. The highest BCUT2D eigenvalue weighted by atomic mass is 32.1. The van der Waals surface area contributed by atoms with Crippen LogP contribution in [0.1, 0.15) is 28.7 Å². The molecule has 0 unspecified atom stereocenters. The van der Waals surface area contributed by atoms with Gasteiger partial charge in [0.1, 0.15) is 4.88 Å². The van der Waals surface area contributed by atoms with Crippen LogP contribution in [0.3, 0.4) is 0 Å². The number of nitrogens with two attached hydrogens (primary N) is 1. The van der Waals surface area contributed by atoms with Crippen molar-refractivity contribution in [1.29, 1.82) is 0 Å². The summed E-state index contributed by atoms with van der Waals surface area (Å²) in [5, 5.41) is 0.706. The Morgan fingerprint density at radius 2 is 2.47 bits per heavy atom. The fourth-order valence-corrected chi connectivity index (χ4v) is 2.49. The number of nitrogens with zero attached hydrogens (tertiary/aromatic N) is 1. The third-order valence-electron chi connectivity index (χ3n) is 2.25. The van der Waals surface area contributed by atoms with Crippen molar-refractivity contribution in [2.45, 2.75) is 19.8 Å². The highest BCUT2D eigenvalue weighted by molar-refractivity contribution is 7.17. The molecule has 0 bridgehead atoms. The number of carbonyl (C=O) groups is 1. The molecule has 0 fully saturated rings. The van der Waals surface area contributed by atoms with Gasteiger partial charge in [-0.2, -0.15) is 0 Å². The van der Waals surface area contributed by atoms with Crippen LogP contribution in [0, 0.1) is 0 Å². The topological polar surface area (TPSA) is 81.2 Å². The molecule has 0 saturated carbocycles. The molecular weight excluding hydrogens is 238 g/mol. The molecule has 2 heterocycles. The van der Waals surface area contributed by atoms with Crippen molar-refractivity contribution in [3.05, 3.63) is 29.0 Å². The quantitative estimate of drug-likeness (QED) is 0.494. The van der Waals surface area contributed by atoms with E-state index < -0.39 is 0 Å². The molecule has 2 aromatic rings. The molecule has 0 spiro atoms. The van der Waals surface area contributed by atoms with Crippen LogP contribution in [0.15, 0.2) is 22.8 Å². The van der Waals surface area contributed by atoms with E-state index in [2.05, 4.69) is 10.4 Å². The van der Waals surface area contributed by atoms with Crippen molar-refractivity contribution in [1.82, 2.24) is 10.4 Å². The van der Waals surface area contributed by atoms with Crippen molar-refractivity contribution in [2.75, 3.05) is 0 Å². The largest absolute Gasteiger partial charge is 0.462 e. The Morgan fingerprint density at radius 3 is 3.06 bits per heavy atom. The van der Waals surface area contributed by atoms with Gasteiger partial charge in [-0.3, -0.25) is 10.2 Å². The minimum absolute atomic E-state index is 0.302. The molecule has 17 heavy (non-hydrogen) atoms. The summed E-state index contributed by atoms with van der Waals surface area (Å²) in [7, 11) is 0. The molecule has 0 aliphatic rings. The molecule has 0 atom stereocenters. The maximum absolute atomic E-state index is 11.6. The number of hydrazine groups is 1. The highest BCUT2D eigenvalue weighted by Crippen LogP contribution is 2.29. The van der Waals surface area contributed by atoms with E-state index in [0.717, 1.165) is 18.5 Å². The van der Waals surface area contributed by atoms with E-state index in [9.17, 15) is 4.79 Å². The average molecular weight is 251 g/mol. The molecule has 2 rings (SSSR count). The lowest BCUT2D eigenvalue weighted by molar-refractivity contribution is 0.0956. The number of aryl methyl sites for hydroxylation is 1. The Morgan fingerprint density at radius 1 is 1.65 bits per heavy atom. The zero-order valence-corrected chi connectivity index (χ0v) is 10.2. The van der Waals surface area contributed by atoms with Gasteiger partial charge in [-0.1, -0.05) is 13.3 Å². The molecular formula is C11H13N3O2S. The van der Waals surface area contributed by atoms with E-state index in [1.54, 1.807) is 12.3 Å². The smallest absolute Gasteiger partial charge is 0.277 e. The molecule has 1 amide bonds. The number of hydrogen-bond donors (Lipinski definition) is 2. The van der Waals surface area contributed by atoms with Gasteiger partial charge in [0, 0.05) is 0 Å². The first-order valence-electron chi connectivity index (χ1n) is 5.30. The molecule has 0 saturated heterocycles. The summed E-state index contributed by atoms with van der Waals surface area (Å²) in [5.41, 5.74) is 2.91. The van der Waals surface area contributed by atoms with Gasteiger partial charge in [0.15, 0.2) is 10.8 Å². The second kappa shape index (κ2) is 5.11. The van der Waals surface area contributed by atoms with Gasteiger partial charge in [0.2, 0.25) is 0 Å². The Bertz CT molecular complexity index is 505. The lowest BCUT2D eigenvalue weighted by Gasteiger charge is -1.97. The fourth-order valence-electron chi connectivity index (χ4n) is 1.51. The van der Waals surface area contributed by atoms with Crippen molar-refractivity contribution >= 4 is 17.2 Å². The monoisotopic (exact) mass is 251 g/mol. The van der Waals surface area contributed by atoms with Gasteiger partial charge in [-0.15, -0.1) is 11.3 Å². The Kier molecular flexibility index (Phi) is 3.55. The first-order chi connectivity index (χ1) is 8.26. The minimum atomic E-state index is -0.302. The summed E-state index contributed by atoms with van der Waals surface area (Å²) in [6.45, 7) is 2.04. The van der Waals surface area contributed by atoms with Crippen LogP contribution >= 0.6 is 11.3 Å². The summed E-state index contributed by atoms with van der Waals surface area (Å²) < 4.78 is 5.26. The standard InChI is InChI=1S/C11H13N3O2S/c1-2-4-7-9(10(15)14-12)17-11(13-7)8-5-3-6-16-8/h3,5-6H,2,4,12H2,1H3,(H,14,15). The van der Waals surface area contributed by atoms with Crippen LogP contribution in [-0.4, -0.2) is 10.9 Å². The molecule has 5 nitrogen and oxygen atoms in total. The molecule has 6 heteroatoms. The zero-order chi connectivity index (χ0) is 12.3. The summed E-state index contributed by atoms with van der Waals surface area (Å²) in [4.78, 5) is 16.6. The van der Waals surface area contributed by atoms with E-state index in [1.165, 1.54) is 11.3 Å². The van der Waals surface area contributed by atoms with Gasteiger partial charge in [-0.25, -0.2) is 10.8 Å². The molecule has 0 aromatic carbocycles. The number of amides is 1. The van der Waals surface area contributed by atoms with E-state index in [1.807, 2.05) is 13.0 Å². The van der Waals surface area contributed by atoms with Crippen molar-refractivity contribution in [3.8, 4) is 10.8 Å². The second-order valence-corrected chi connectivity index (χ2v) is 4.49. The van der Waals surface area contributed by atoms with Gasteiger partial charge < -0.3 is 4.42 Å². The first kappa shape index (κ1) is 11.8. The summed E-state index contributed by atoms with van der Waals surface area (Å²) >= 11 is 1.29.